The Morgan fingerprint density at radius 3 is 2.95 bits per heavy atom. The minimum absolute atomic E-state index is 0.221. The standard InChI is InChI=1S/C14H15ClN4O3/c1-22-12-5-4-10(15)9-11(12)18-14(21)16-7-8-19-13(20)3-2-6-17-19/h2-6,9H,7-8H2,1H3,(H2,16,18,21). The summed E-state index contributed by atoms with van der Waals surface area (Å²) < 4.78 is 6.40. The first kappa shape index (κ1) is 15.8. The maximum Gasteiger partial charge on any atom is 0.319 e. The van der Waals surface area contributed by atoms with Gasteiger partial charge in [-0.15, -0.1) is 0 Å². The molecule has 0 spiro atoms. The monoisotopic (exact) mass is 322 g/mol. The molecule has 0 aliphatic carbocycles. The zero-order chi connectivity index (χ0) is 15.9. The number of rotatable bonds is 5. The quantitative estimate of drug-likeness (QED) is 0.878. The van der Waals surface area contributed by atoms with Gasteiger partial charge in [-0.3, -0.25) is 4.79 Å². The second-order valence-corrected chi connectivity index (χ2v) is 4.75. The molecule has 8 heteroatoms. The molecule has 0 saturated heterocycles. The van der Waals surface area contributed by atoms with Gasteiger partial charge in [-0.25, -0.2) is 9.48 Å². The average Bonchev–Trinajstić information content (AvgIpc) is 2.49. The Labute approximate surface area is 131 Å². The first-order valence-electron chi connectivity index (χ1n) is 6.50. The van der Waals surface area contributed by atoms with Crippen LogP contribution in [0.15, 0.2) is 41.3 Å². The molecule has 1 aromatic heterocycles. The van der Waals surface area contributed by atoms with Crippen LogP contribution in [0.5, 0.6) is 5.75 Å². The highest BCUT2D eigenvalue weighted by Crippen LogP contribution is 2.27. The van der Waals surface area contributed by atoms with Crippen LogP contribution < -0.4 is 20.9 Å². The van der Waals surface area contributed by atoms with Crippen LogP contribution in [-0.4, -0.2) is 29.5 Å². The number of aromatic nitrogens is 2. The zero-order valence-corrected chi connectivity index (χ0v) is 12.6. The number of anilines is 1. The molecule has 1 aromatic carbocycles. The maximum absolute atomic E-state index is 11.8. The van der Waals surface area contributed by atoms with E-state index >= 15 is 0 Å². The van der Waals surface area contributed by atoms with Crippen molar-refractivity contribution in [2.24, 2.45) is 0 Å². The number of nitrogens with zero attached hydrogens (tertiary/aromatic N) is 2. The third-order valence-electron chi connectivity index (χ3n) is 2.80. The second-order valence-electron chi connectivity index (χ2n) is 4.31. The molecule has 0 unspecified atom stereocenters. The summed E-state index contributed by atoms with van der Waals surface area (Å²) >= 11 is 5.89. The molecule has 2 rings (SSSR count). The topological polar surface area (TPSA) is 85.2 Å². The number of ether oxygens (including phenoxy) is 1. The lowest BCUT2D eigenvalue weighted by Gasteiger charge is -2.11. The van der Waals surface area contributed by atoms with Crippen molar-refractivity contribution in [1.29, 1.82) is 0 Å². The summed E-state index contributed by atoms with van der Waals surface area (Å²) in [6.45, 7) is 0.533. The summed E-state index contributed by atoms with van der Waals surface area (Å²) in [6.07, 6.45) is 1.51. The van der Waals surface area contributed by atoms with Crippen molar-refractivity contribution in [1.82, 2.24) is 15.1 Å². The van der Waals surface area contributed by atoms with Crippen molar-refractivity contribution in [2.45, 2.75) is 6.54 Å². The molecule has 0 aliphatic rings. The molecule has 116 valence electrons. The smallest absolute Gasteiger partial charge is 0.319 e. The summed E-state index contributed by atoms with van der Waals surface area (Å²) in [7, 11) is 1.50. The highest BCUT2D eigenvalue weighted by molar-refractivity contribution is 6.31. The van der Waals surface area contributed by atoms with Gasteiger partial charge in [0, 0.05) is 23.8 Å². The van der Waals surface area contributed by atoms with E-state index in [-0.39, 0.29) is 18.6 Å². The highest BCUT2D eigenvalue weighted by atomic mass is 35.5. The molecule has 0 atom stereocenters. The largest absolute Gasteiger partial charge is 0.495 e. The van der Waals surface area contributed by atoms with Crippen molar-refractivity contribution in [3.8, 4) is 5.75 Å². The van der Waals surface area contributed by atoms with E-state index in [1.54, 1.807) is 24.3 Å². The van der Waals surface area contributed by atoms with Crippen molar-refractivity contribution in [2.75, 3.05) is 19.0 Å². The van der Waals surface area contributed by atoms with Crippen LogP contribution in [0.1, 0.15) is 0 Å². The van der Waals surface area contributed by atoms with Gasteiger partial charge in [-0.2, -0.15) is 5.10 Å². The van der Waals surface area contributed by atoms with Gasteiger partial charge >= 0.3 is 6.03 Å². The van der Waals surface area contributed by atoms with Gasteiger partial charge in [-0.1, -0.05) is 11.6 Å². The summed E-state index contributed by atoms with van der Waals surface area (Å²) in [6, 6.07) is 7.45. The lowest BCUT2D eigenvalue weighted by molar-refractivity contribution is 0.251. The van der Waals surface area contributed by atoms with Crippen LogP contribution in [0.2, 0.25) is 5.02 Å². The number of amides is 2. The number of nitrogens with one attached hydrogen (secondary N) is 2. The first-order chi connectivity index (χ1) is 10.6. The fraction of sp³-hybridized carbons (Fsp3) is 0.214. The third-order valence-corrected chi connectivity index (χ3v) is 3.04. The van der Waals surface area contributed by atoms with E-state index in [2.05, 4.69) is 15.7 Å². The number of hydrogen-bond donors (Lipinski definition) is 2. The van der Waals surface area contributed by atoms with Crippen LogP contribution >= 0.6 is 11.6 Å². The normalized spacial score (nSPS) is 10.1. The predicted molar refractivity (Wildman–Crippen MR) is 83.5 cm³/mol. The van der Waals surface area contributed by atoms with E-state index in [1.807, 2.05) is 0 Å². The number of carbonyl (C=O) groups is 1. The molecule has 7 nitrogen and oxygen atoms in total. The number of halogens is 1. The van der Waals surface area contributed by atoms with Gasteiger partial charge in [-0.05, 0) is 24.3 Å². The van der Waals surface area contributed by atoms with Gasteiger partial charge < -0.3 is 15.4 Å². The Hall–Kier alpha value is -2.54. The summed E-state index contributed by atoms with van der Waals surface area (Å²) in [5.41, 5.74) is 0.240. The van der Waals surface area contributed by atoms with E-state index < -0.39 is 6.03 Å². The lowest BCUT2D eigenvalue weighted by Crippen LogP contribution is -2.34. The van der Waals surface area contributed by atoms with E-state index in [0.29, 0.717) is 16.5 Å². The van der Waals surface area contributed by atoms with Crippen LogP contribution in [0.3, 0.4) is 0 Å². The molecule has 0 bridgehead atoms. The average molecular weight is 323 g/mol. The van der Waals surface area contributed by atoms with Gasteiger partial charge in [0.15, 0.2) is 0 Å². The van der Waals surface area contributed by atoms with Gasteiger partial charge in [0.25, 0.3) is 5.56 Å². The van der Waals surface area contributed by atoms with Crippen molar-refractivity contribution >= 4 is 23.3 Å². The number of hydrogen-bond acceptors (Lipinski definition) is 4. The summed E-state index contributed by atoms with van der Waals surface area (Å²) in [4.78, 5) is 23.3. The lowest BCUT2D eigenvalue weighted by atomic mass is 10.3. The molecule has 0 radical (unpaired) electrons. The van der Waals surface area contributed by atoms with Gasteiger partial charge in [0.1, 0.15) is 5.75 Å². The van der Waals surface area contributed by atoms with Gasteiger partial charge in [0.2, 0.25) is 0 Å². The minimum atomic E-state index is -0.426. The van der Waals surface area contributed by atoms with Crippen LogP contribution in [-0.2, 0) is 6.54 Å². The molecule has 2 amide bonds. The molecular formula is C14H15ClN4O3. The molecular weight excluding hydrogens is 308 g/mol. The fourth-order valence-corrected chi connectivity index (χ4v) is 1.95. The Balaban J connectivity index is 1.90. The molecule has 0 fully saturated rings. The summed E-state index contributed by atoms with van der Waals surface area (Å²) in [5, 5.41) is 9.64. The highest BCUT2D eigenvalue weighted by Gasteiger charge is 2.08. The molecule has 2 N–H and O–H groups in total. The van der Waals surface area contributed by atoms with Crippen molar-refractivity contribution < 1.29 is 9.53 Å². The SMILES string of the molecule is COc1ccc(Cl)cc1NC(=O)NCCn1ncccc1=O. The predicted octanol–water partition coefficient (Wildman–Crippen LogP) is 1.73. The maximum atomic E-state index is 11.8. The van der Waals surface area contributed by atoms with Crippen molar-refractivity contribution in [3.05, 3.63) is 51.9 Å². The van der Waals surface area contributed by atoms with Gasteiger partial charge in [0.05, 0.1) is 19.3 Å². The van der Waals surface area contributed by atoms with E-state index in [9.17, 15) is 9.59 Å². The molecule has 0 aliphatic heterocycles. The number of methoxy groups -OCH3 is 1. The molecule has 2 aromatic rings. The van der Waals surface area contributed by atoms with E-state index in [1.165, 1.54) is 24.1 Å². The minimum Gasteiger partial charge on any atom is -0.495 e. The second kappa shape index (κ2) is 7.46. The van der Waals surface area contributed by atoms with Crippen LogP contribution in [0, 0.1) is 0 Å². The fourth-order valence-electron chi connectivity index (χ4n) is 1.77. The molecule has 1 heterocycles. The van der Waals surface area contributed by atoms with Crippen LogP contribution in [0.25, 0.3) is 0 Å². The molecule has 22 heavy (non-hydrogen) atoms. The Kier molecular flexibility index (Phi) is 5.37. The number of benzene rings is 1. The zero-order valence-electron chi connectivity index (χ0n) is 11.9. The molecule has 0 saturated carbocycles. The van der Waals surface area contributed by atoms with E-state index in [4.69, 9.17) is 16.3 Å². The summed E-state index contributed by atoms with van der Waals surface area (Å²) in [5.74, 6) is 0.500. The third kappa shape index (κ3) is 4.23. The number of carbonyl (C=O) groups excluding carboxylic acids is 1. The Morgan fingerprint density at radius 2 is 2.23 bits per heavy atom. The first-order valence-corrected chi connectivity index (χ1v) is 6.88. The Morgan fingerprint density at radius 1 is 1.41 bits per heavy atom. The van der Waals surface area contributed by atoms with E-state index in [0.717, 1.165) is 0 Å². The van der Waals surface area contributed by atoms with Crippen molar-refractivity contribution in [3.63, 3.8) is 0 Å². The van der Waals surface area contributed by atoms with Crippen LogP contribution in [0.4, 0.5) is 10.5 Å². The number of urea groups is 1. The Bertz CT molecular complexity index is 717.